The van der Waals surface area contributed by atoms with E-state index >= 15 is 0 Å². The third-order valence-electron chi connectivity index (χ3n) is 5.49. The number of fused-ring (bicyclic) bond motifs is 1. The van der Waals surface area contributed by atoms with Crippen LogP contribution in [0.2, 0.25) is 0 Å². The van der Waals surface area contributed by atoms with Crippen LogP contribution in [-0.2, 0) is 17.6 Å². The van der Waals surface area contributed by atoms with Crippen LogP contribution in [0, 0.1) is 0 Å². The summed E-state index contributed by atoms with van der Waals surface area (Å²) in [6, 6.07) is 15.9. The van der Waals surface area contributed by atoms with Crippen LogP contribution in [0.1, 0.15) is 58.8 Å². The fourth-order valence-electron chi connectivity index (χ4n) is 4.00. The summed E-state index contributed by atoms with van der Waals surface area (Å²) >= 11 is 0. The van der Waals surface area contributed by atoms with Gasteiger partial charge in [-0.2, -0.15) is 0 Å². The number of rotatable bonds is 6. The number of hydrogen-bond donors (Lipinski definition) is 1. The summed E-state index contributed by atoms with van der Waals surface area (Å²) in [5.41, 5.74) is 3.98. The molecule has 2 aliphatic carbocycles. The Bertz CT molecular complexity index is 824. The number of carboxylic acid groups (broad SMARTS) is 1. The van der Waals surface area contributed by atoms with E-state index in [9.17, 15) is 9.59 Å². The number of carboxylic acids is 1. The number of amides is 1. The topological polar surface area (TPSA) is 57.6 Å². The van der Waals surface area contributed by atoms with Crippen LogP contribution in [0.3, 0.4) is 0 Å². The summed E-state index contributed by atoms with van der Waals surface area (Å²) in [6.45, 7) is 0. The molecule has 1 atom stereocenters. The standard InChI is InChI=1S/C22H23NO3/c24-21(14-7-15-5-8-17(9-6-15)22(25)26)23(18-11-12-18)20-13-10-16-3-1-2-4-19(16)20/h1-6,8-9,18,20H,7,10-14H2,(H,25,26). The van der Waals surface area contributed by atoms with Crippen LogP contribution in [0.25, 0.3) is 0 Å². The van der Waals surface area contributed by atoms with Gasteiger partial charge in [0, 0.05) is 12.5 Å². The van der Waals surface area contributed by atoms with Crippen molar-refractivity contribution in [3.05, 3.63) is 70.8 Å². The van der Waals surface area contributed by atoms with Crippen molar-refractivity contribution in [3.8, 4) is 0 Å². The number of carbonyl (C=O) groups excluding carboxylic acids is 1. The Balaban J connectivity index is 1.45. The lowest BCUT2D eigenvalue weighted by Crippen LogP contribution is -2.36. The van der Waals surface area contributed by atoms with Crippen LogP contribution in [0.5, 0.6) is 0 Å². The van der Waals surface area contributed by atoms with Crippen LogP contribution >= 0.6 is 0 Å². The molecule has 1 unspecified atom stereocenters. The highest BCUT2D eigenvalue weighted by Gasteiger charge is 2.39. The van der Waals surface area contributed by atoms with Gasteiger partial charge in [0.25, 0.3) is 0 Å². The number of hydrogen-bond acceptors (Lipinski definition) is 2. The van der Waals surface area contributed by atoms with Crippen molar-refractivity contribution >= 4 is 11.9 Å². The molecule has 1 fully saturated rings. The normalized spacial score (nSPS) is 18.4. The minimum atomic E-state index is -0.924. The number of carbonyl (C=O) groups is 2. The molecule has 0 aromatic heterocycles. The first-order valence-corrected chi connectivity index (χ1v) is 9.34. The molecule has 4 nitrogen and oxygen atoms in total. The Morgan fingerprint density at radius 2 is 1.73 bits per heavy atom. The lowest BCUT2D eigenvalue weighted by atomic mass is 10.0. The van der Waals surface area contributed by atoms with Crippen molar-refractivity contribution < 1.29 is 14.7 Å². The first-order chi connectivity index (χ1) is 12.6. The van der Waals surface area contributed by atoms with Crippen molar-refractivity contribution in [2.75, 3.05) is 0 Å². The smallest absolute Gasteiger partial charge is 0.335 e. The van der Waals surface area contributed by atoms with Gasteiger partial charge in [-0.15, -0.1) is 0 Å². The fourth-order valence-corrected chi connectivity index (χ4v) is 4.00. The Labute approximate surface area is 153 Å². The second-order valence-electron chi connectivity index (χ2n) is 7.29. The predicted octanol–water partition coefficient (Wildman–Crippen LogP) is 4.00. The van der Waals surface area contributed by atoms with Gasteiger partial charge in [-0.25, -0.2) is 4.79 Å². The minimum absolute atomic E-state index is 0.219. The highest BCUT2D eigenvalue weighted by atomic mass is 16.4. The molecular weight excluding hydrogens is 326 g/mol. The lowest BCUT2D eigenvalue weighted by molar-refractivity contribution is -0.134. The average molecular weight is 349 g/mol. The Morgan fingerprint density at radius 3 is 2.42 bits per heavy atom. The van der Waals surface area contributed by atoms with E-state index in [2.05, 4.69) is 29.2 Å². The molecule has 0 radical (unpaired) electrons. The number of aromatic carboxylic acids is 1. The van der Waals surface area contributed by atoms with Gasteiger partial charge in [0.1, 0.15) is 0 Å². The molecule has 0 aliphatic heterocycles. The molecule has 1 saturated carbocycles. The van der Waals surface area contributed by atoms with Gasteiger partial charge in [0.2, 0.25) is 5.91 Å². The van der Waals surface area contributed by atoms with E-state index in [0.29, 0.717) is 18.9 Å². The van der Waals surface area contributed by atoms with Crippen molar-refractivity contribution in [2.24, 2.45) is 0 Å². The first kappa shape index (κ1) is 16.8. The molecule has 1 N–H and O–H groups in total. The molecule has 2 aromatic carbocycles. The summed E-state index contributed by atoms with van der Waals surface area (Å²) in [5.74, 6) is -0.705. The van der Waals surface area contributed by atoms with Gasteiger partial charge in [0.05, 0.1) is 11.6 Å². The van der Waals surface area contributed by atoms with Crippen molar-refractivity contribution in [3.63, 3.8) is 0 Å². The van der Waals surface area contributed by atoms with Crippen LogP contribution in [0.4, 0.5) is 0 Å². The van der Waals surface area contributed by atoms with Crippen molar-refractivity contribution in [1.29, 1.82) is 0 Å². The SMILES string of the molecule is O=C(O)c1ccc(CCC(=O)N(C2CC2)C2CCc3ccccc32)cc1. The van der Waals surface area contributed by atoms with Gasteiger partial charge >= 0.3 is 5.97 Å². The molecule has 0 spiro atoms. The number of benzene rings is 2. The molecule has 26 heavy (non-hydrogen) atoms. The van der Waals surface area contributed by atoms with Crippen molar-refractivity contribution in [1.82, 2.24) is 4.90 Å². The minimum Gasteiger partial charge on any atom is -0.478 e. The third kappa shape index (κ3) is 3.36. The molecule has 0 heterocycles. The van der Waals surface area contributed by atoms with Gasteiger partial charge in [-0.05, 0) is 60.9 Å². The maximum atomic E-state index is 13.0. The van der Waals surface area contributed by atoms with Crippen LogP contribution in [0.15, 0.2) is 48.5 Å². The van der Waals surface area contributed by atoms with E-state index in [0.717, 1.165) is 31.2 Å². The summed E-state index contributed by atoms with van der Waals surface area (Å²) in [5, 5.41) is 8.98. The molecule has 0 saturated heterocycles. The summed E-state index contributed by atoms with van der Waals surface area (Å²) < 4.78 is 0. The molecule has 4 rings (SSSR count). The second kappa shape index (κ2) is 6.94. The summed E-state index contributed by atoms with van der Waals surface area (Å²) in [6.07, 6.45) is 5.41. The zero-order valence-electron chi connectivity index (χ0n) is 14.7. The monoisotopic (exact) mass is 349 g/mol. The fraction of sp³-hybridized carbons (Fsp3) is 0.364. The first-order valence-electron chi connectivity index (χ1n) is 9.34. The number of aryl methyl sites for hydroxylation is 2. The zero-order valence-corrected chi connectivity index (χ0v) is 14.7. The van der Waals surface area contributed by atoms with E-state index in [1.807, 2.05) is 12.1 Å². The summed E-state index contributed by atoms with van der Waals surface area (Å²) in [7, 11) is 0. The summed E-state index contributed by atoms with van der Waals surface area (Å²) in [4.78, 5) is 26.1. The third-order valence-corrected chi connectivity index (χ3v) is 5.49. The van der Waals surface area contributed by atoms with Crippen molar-refractivity contribution in [2.45, 2.75) is 50.6 Å². The molecule has 1 amide bonds. The zero-order chi connectivity index (χ0) is 18.1. The highest BCUT2D eigenvalue weighted by molar-refractivity contribution is 5.87. The molecule has 4 heteroatoms. The average Bonchev–Trinajstić information content (AvgIpc) is 3.40. The highest BCUT2D eigenvalue weighted by Crippen LogP contribution is 2.42. The second-order valence-corrected chi connectivity index (χ2v) is 7.29. The molecule has 2 aliphatic rings. The Hall–Kier alpha value is -2.62. The quantitative estimate of drug-likeness (QED) is 0.858. The predicted molar refractivity (Wildman–Crippen MR) is 99.1 cm³/mol. The molecule has 2 aromatic rings. The maximum absolute atomic E-state index is 13.0. The van der Waals surface area contributed by atoms with Crippen LogP contribution in [-0.4, -0.2) is 27.9 Å². The largest absolute Gasteiger partial charge is 0.478 e. The Morgan fingerprint density at radius 1 is 1.00 bits per heavy atom. The van der Waals surface area contributed by atoms with Crippen LogP contribution < -0.4 is 0 Å². The van der Waals surface area contributed by atoms with E-state index in [4.69, 9.17) is 5.11 Å². The molecule has 0 bridgehead atoms. The van der Waals surface area contributed by atoms with Gasteiger partial charge < -0.3 is 10.0 Å². The van der Waals surface area contributed by atoms with E-state index in [1.54, 1.807) is 12.1 Å². The van der Waals surface area contributed by atoms with E-state index in [1.165, 1.54) is 11.1 Å². The van der Waals surface area contributed by atoms with E-state index in [-0.39, 0.29) is 17.5 Å². The van der Waals surface area contributed by atoms with Gasteiger partial charge in [0.15, 0.2) is 0 Å². The molecular formula is C22H23NO3. The van der Waals surface area contributed by atoms with Gasteiger partial charge in [-0.1, -0.05) is 36.4 Å². The maximum Gasteiger partial charge on any atom is 0.335 e. The van der Waals surface area contributed by atoms with E-state index < -0.39 is 5.97 Å². The van der Waals surface area contributed by atoms with Gasteiger partial charge in [-0.3, -0.25) is 4.79 Å². The molecule has 134 valence electrons. The Kier molecular flexibility index (Phi) is 4.49. The number of nitrogens with zero attached hydrogens (tertiary/aromatic N) is 1. The lowest BCUT2D eigenvalue weighted by Gasteiger charge is -2.30.